The first-order chi connectivity index (χ1) is 10.6. The number of hydrogen-bond donors (Lipinski definition) is 1. The molecule has 0 aliphatic carbocycles. The minimum atomic E-state index is -4.30. The molecule has 1 N–H and O–H groups in total. The zero-order valence-electron chi connectivity index (χ0n) is 11.1. The highest BCUT2D eigenvalue weighted by atomic mass is 35.5. The van der Waals surface area contributed by atoms with Crippen LogP contribution in [0, 0.1) is 20.2 Å². The molecule has 0 amide bonds. The van der Waals surface area contributed by atoms with Gasteiger partial charge in [0, 0.05) is 22.7 Å². The Bertz CT molecular complexity index is 805. The molecule has 23 heavy (non-hydrogen) atoms. The molecule has 0 heterocycles. The average molecular weight is 377 g/mol. The van der Waals surface area contributed by atoms with Crippen LogP contribution in [0.25, 0.3) is 0 Å². The molecule has 2 aromatic carbocycles. The average Bonchev–Trinajstić information content (AvgIpc) is 2.47. The monoisotopic (exact) mass is 376 g/mol. The lowest BCUT2D eigenvalue weighted by Crippen LogP contribution is -2.16. The molecule has 0 radical (unpaired) electrons. The van der Waals surface area contributed by atoms with Crippen LogP contribution in [0.3, 0.4) is 0 Å². The topological polar surface area (TPSA) is 124 Å². The van der Waals surface area contributed by atoms with Gasteiger partial charge in [0.05, 0.1) is 9.85 Å². The lowest BCUT2D eigenvalue weighted by Gasteiger charge is -2.12. The van der Waals surface area contributed by atoms with E-state index in [4.69, 9.17) is 23.2 Å². The van der Waals surface area contributed by atoms with Gasteiger partial charge in [-0.05, 0) is 24.3 Å². The Morgan fingerprint density at radius 3 is 1.52 bits per heavy atom. The maximum Gasteiger partial charge on any atom is 0.288 e. The second-order valence-electron chi connectivity index (χ2n) is 4.36. The fourth-order valence-corrected chi connectivity index (χ4v) is 3.63. The molecule has 2 rings (SSSR count). The van der Waals surface area contributed by atoms with Crippen LogP contribution in [0.2, 0.25) is 10.0 Å². The van der Waals surface area contributed by atoms with Crippen LogP contribution in [0.4, 0.5) is 11.4 Å². The van der Waals surface area contributed by atoms with E-state index in [1.165, 1.54) is 0 Å². The van der Waals surface area contributed by atoms with Crippen LogP contribution >= 0.6 is 30.6 Å². The predicted octanol–water partition coefficient (Wildman–Crippen LogP) is 3.03. The predicted molar refractivity (Wildman–Crippen MR) is 85.3 cm³/mol. The molecule has 0 aromatic heterocycles. The Kier molecular flexibility index (Phi) is 4.72. The first-order valence-corrected chi connectivity index (χ1v) is 8.28. The van der Waals surface area contributed by atoms with Gasteiger partial charge in [0.1, 0.15) is 10.0 Å². The van der Waals surface area contributed by atoms with E-state index in [1.807, 2.05) is 0 Å². The van der Waals surface area contributed by atoms with Crippen molar-refractivity contribution in [3.63, 3.8) is 0 Å². The highest BCUT2D eigenvalue weighted by Crippen LogP contribution is 2.41. The number of halogens is 2. The molecule has 0 saturated heterocycles. The van der Waals surface area contributed by atoms with E-state index < -0.39 is 28.6 Å². The van der Waals surface area contributed by atoms with Crippen molar-refractivity contribution in [3.05, 3.63) is 66.7 Å². The largest absolute Gasteiger partial charge is 0.338 e. The van der Waals surface area contributed by atoms with Crippen molar-refractivity contribution in [2.45, 2.75) is 0 Å². The van der Waals surface area contributed by atoms with Gasteiger partial charge in [0.2, 0.25) is 0 Å². The Morgan fingerprint density at radius 2 is 1.22 bits per heavy atom. The molecule has 0 unspecified atom stereocenters. The first-order valence-electron chi connectivity index (χ1n) is 5.86. The lowest BCUT2D eigenvalue weighted by atomic mass is 10.3. The summed E-state index contributed by atoms with van der Waals surface area (Å²) in [6.07, 6.45) is 0. The second kappa shape index (κ2) is 6.25. The van der Waals surface area contributed by atoms with Crippen molar-refractivity contribution in [2.75, 3.05) is 0 Å². The summed E-state index contributed by atoms with van der Waals surface area (Å²) in [5.41, 5.74) is -1.08. The van der Waals surface area contributed by atoms with Gasteiger partial charge in [0.25, 0.3) is 18.7 Å². The molecule has 120 valence electrons. The van der Waals surface area contributed by atoms with Crippen molar-refractivity contribution in [1.82, 2.24) is 0 Å². The van der Waals surface area contributed by atoms with Gasteiger partial charge < -0.3 is 4.89 Å². The van der Waals surface area contributed by atoms with E-state index in [0.717, 1.165) is 36.4 Å². The molecule has 0 saturated carbocycles. The van der Waals surface area contributed by atoms with E-state index >= 15 is 0 Å². The standard InChI is InChI=1S/C12H7Cl2N2O6P/c13-9-3-1-7(5-11(9)15(17)18)23(21,22)8-2-4-10(14)12(6-8)16(19)20/h1-6H,(H,21,22). The van der Waals surface area contributed by atoms with Gasteiger partial charge in [-0.15, -0.1) is 0 Å². The van der Waals surface area contributed by atoms with Gasteiger partial charge in [-0.25, -0.2) is 0 Å². The first kappa shape index (κ1) is 17.4. The summed E-state index contributed by atoms with van der Waals surface area (Å²) >= 11 is 11.3. The third kappa shape index (κ3) is 3.35. The van der Waals surface area contributed by atoms with Crippen LogP contribution < -0.4 is 10.6 Å². The van der Waals surface area contributed by atoms with Gasteiger partial charge >= 0.3 is 0 Å². The smallest absolute Gasteiger partial charge is 0.288 e. The zero-order valence-corrected chi connectivity index (χ0v) is 13.5. The second-order valence-corrected chi connectivity index (χ2v) is 7.36. The molecule has 0 fully saturated rings. The van der Waals surface area contributed by atoms with Gasteiger partial charge in [0.15, 0.2) is 0 Å². The SMILES string of the molecule is O=[N+]([O-])c1cc(P(=O)(O)c2ccc(Cl)c([N+](=O)[O-])c2)ccc1Cl. The van der Waals surface area contributed by atoms with E-state index in [0.29, 0.717) is 0 Å². The number of benzene rings is 2. The summed E-state index contributed by atoms with van der Waals surface area (Å²) in [5, 5.41) is 20.8. The minimum absolute atomic E-state index is 0.194. The summed E-state index contributed by atoms with van der Waals surface area (Å²) in [6, 6.07) is 6.25. The molecule has 0 atom stereocenters. The normalized spacial score (nSPS) is 11.3. The van der Waals surface area contributed by atoms with Crippen molar-refractivity contribution < 1.29 is 19.3 Å². The Labute approximate surface area is 139 Å². The Hall–Kier alpha value is -1.99. The molecule has 0 aliphatic rings. The Balaban J connectivity index is 2.61. The summed E-state index contributed by atoms with van der Waals surface area (Å²) in [5.74, 6) is 0. The van der Waals surface area contributed by atoms with Crippen LogP contribution in [-0.2, 0) is 4.57 Å². The van der Waals surface area contributed by atoms with Crippen LogP contribution in [-0.4, -0.2) is 14.7 Å². The van der Waals surface area contributed by atoms with E-state index in [1.54, 1.807) is 0 Å². The van der Waals surface area contributed by atoms with Crippen LogP contribution in [0.5, 0.6) is 0 Å². The molecule has 0 aliphatic heterocycles. The molecular weight excluding hydrogens is 370 g/mol. The number of nitrogens with zero attached hydrogens (tertiary/aromatic N) is 2. The van der Waals surface area contributed by atoms with Gasteiger partial charge in [-0.2, -0.15) is 0 Å². The minimum Gasteiger partial charge on any atom is -0.338 e. The van der Waals surface area contributed by atoms with Crippen molar-refractivity contribution in [1.29, 1.82) is 0 Å². The number of hydrogen-bond acceptors (Lipinski definition) is 5. The van der Waals surface area contributed by atoms with Crippen molar-refractivity contribution >= 4 is 52.6 Å². The van der Waals surface area contributed by atoms with Crippen LogP contribution in [0.15, 0.2) is 36.4 Å². The third-order valence-electron chi connectivity index (χ3n) is 2.95. The fraction of sp³-hybridized carbons (Fsp3) is 0. The molecular formula is C12H7Cl2N2O6P. The zero-order chi connectivity index (χ0) is 17.4. The van der Waals surface area contributed by atoms with E-state index in [2.05, 4.69) is 0 Å². The number of nitro benzene ring substituents is 2. The Morgan fingerprint density at radius 1 is 0.870 bits per heavy atom. The molecule has 2 aromatic rings. The van der Waals surface area contributed by atoms with Crippen LogP contribution in [0.1, 0.15) is 0 Å². The summed E-state index contributed by atoms with van der Waals surface area (Å²) in [6.45, 7) is 0. The van der Waals surface area contributed by atoms with E-state index in [9.17, 15) is 29.7 Å². The highest BCUT2D eigenvalue weighted by Gasteiger charge is 2.29. The van der Waals surface area contributed by atoms with Crippen molar-refractivity contribution in [2.24, 2.45) is 0 Å². The molecule has 8 nitrogen and oxygen atoms in total. The summed E-state index contributed by atoms with van der Waals surface area (Å²) in [4.78, 5) is 30.4. The molecule has 0 bridgehead atoms. The fourth-order valence-electron chi connectivity index (χ4n) is 1.81. The number of nitro groups is 2. The third-order valence-corrected chi connectivity index (χ3v) is 5.55. The maximum absolute atomic E-state index is 12.6. The summed E-state index contributed by atoms with van der Waals surface area (Å²) < 4.78 is 12.6. The lowest BCUT2D eigenvalue weighted by molar-refractivity contribution is -0.384. The quantitative estimate of drug-likeness (QED) is 0.496. The summed E-state index contributed by atoms with van der Waals surface area (Å²) in [7, 11) is -4.30. The number of rotatable bonds is 4. The molecule has 11 heteroatoms. The van der Waals surface area contributed by atoms with Gasteiger partial charge in [-0.1, -0.05) is 23.2 Å². The highest BCUT2D eigenvalue weighted by molar-refractivity contribution is 7.73. The maximum atomic E-state index is 12.6. The molecule has 0 spiro atoms. The van der Waals surface area contributed by atoms with Gasteiger partial charge in [-0.3, -0.25) is 24.8 Å². The van der Waals surface area contributed by atoms with E-state index in [-0.39, 0.29) is 20.7 Å². The van der Waals surface area contributed by atoms with Crippen molar-refractivity contribution in [3.8, 4) is 0 Å².